The van der Waals surface area contributed by atoms with Crippen molar-refractivity contribution >= 4 is 10.0 Å². The van der Waals surface area contributed by atoms with Crippen LogP contribution in [0.25, 0.3) is 11.6 Å². The van der Waals surface area contributed by atoms with E-state index in [1.54, 1.807) is 0 Å². The van der Waals surface area contributed by atoms with E-state index in [0.717, 1.165) is 0 Å². The van der Waals surface area contributed by atoms with E-state index >= 15 is 0 Å². The van der Waals surface area contributed by atoms with Crippen molar-refractivity contribution in [3.63, 3.8) is 0 Å². The first-order valence-electron chi connectivity index (χ1n) is 7.14. The smallest absolute Gasteiger partial charge is 0.278 e. The van der Waals surface area contributed by atoms with Gasteiger partial charge in [-0.15, -0.1) is 0 Å². The average Bonchev–Trinajstić information content (AvgIpc) is 3.04. The summed E-state index contributed by atoms with van der Waals surface area (Å²) in [5, 5.41) is 8.41. The Balaban J connectivity index is 2.01. The van der Waals surface area contributed by atoms with E-state index in [1.807, 2.05) is 13.8 Å². The Kier molecular flexibility index (Phi) is 3.37. The Hall–Kier alpha value is -1.74. The zero-order chi connectivity index (χ0) is 16.1. The van der Waals surface area contributed by atoms with Gasteiger partial charge in [0.25, 0.3) is 15.9 Å². The predicted molar refractivity (Wildman–Crippen MR) is 78.6 cm³/mol. The van der Waals surface area contributed by atoms with E-state index in [4.69, 9.17) is 4.52 Å². The number of nitrogens with zero attached hydrogens (tertiary/aromatic N) is 4. The minimum Gasteiger partial charge on any atom is -0.332 e. The third-order valence-corrected chi connectivity index (χ3v) is 5.76. The van der Waals surface area contributed by atoms with Crippen molar-refractivity contribution < 1.29 is 12.9 Å². The van der Waals surface area contributed by atoms with Gasteiger partial charge < -0.3 is 4.52 Å². The molecule has 3 heterocycles. The van der Waals surface area contributed by atoms with Crippen molar-refractivity contribution in [2.75, 3.05) is 6.54 Å². The van der Waals surface area contributed by atoms with Crippen molar-refractivity contribution in [2.45, 2.75) is 44.7 Å². The summed E-state index contributed by atoms with van der Waals surface area (Å²) in [6.07, 6.45) is 0. The lowest BCUT2D eigenvalue weighted by atomic mass is 9.80. The lowest BCUT2D eigenvalue weighted by Crippen LogP contribution is -2.35. The van der Waals surface area contributed by atoms with Crippen LogP contribution in [0.15, 0.2) is 15.6 Å². The Labute approximate surface area is 129 Å². The maximum Gasteiger partial charge on any atom is 0.278 e. The van der Waals surface area contributed by atoms with Gasteiger partial charge in [-0.3, -0.25) is 4.68 Å². The van der Waals surface area contributed by atoms with Crippen LogP contribution in [-0.4, -0.2) is 34.9 Å². The Morgan fingerprint density at radius 2 is 2.14 bits per heavy atom. The fourth-order valence-electron chi connectivity index (χ4n) is 2.09. The highest BCUT2D eigenvalue weighted by Gasteiger charge is 2.32. The quantitative estimate of drug-likeness (QED) is 0.908. The highest BCUT2D eigenvalue weighted by atomic mass is 32.2. The molecule has 0 aliphatic carbocycles. The topological polar surface area (TPSA) is 103 Å². The SMILES string of the molecule is CC(C)C(C)(C)c1noc(-c2cc3n(n2)CCNS3(=O)=O)n1. The van der Waals surface area contributed by atoms with Gasteiger partial charge in [0.1, 0.15) is 0 Å². The van der Waals surface area contributed by atoms with Gasteiger partial charge in [-0.05, 0) is 5.92 Å². The Morgan fingerprint density at radius 3 is 2.77 bits per heavy atom. The molecule has 0 radical (unpaired) electrons. The van der Waals surface area contributed by atoms with Crippen LogP contribution in [0.1, 0.15) is 33.5 Å². The summed E-state index contributed by atoms with van der Waals surface area (Å²) in [7, 11) is -3.50. The van der Waals surface area contributed by atoms with Gasteiger partial charge >= 0.3 is 0 Å². The summed E-state index contributed by atoms with van der Waals surface area (Å²) in [5.74, 6) is 1.16. The fourth-order valence-corrected chi connectivity index (χ4v) is 3.27. The van der Waals surface area contributed by atoms with Crippen LogP contribution in [0.5, 0.6) is 0 Å². The first-order valence-corrected chi connectivity index (χ1v) is 8.62. The molecule has 0 saturated heterocycles. The summed E-state index contributed by atoms with van der Waals surface area (Å²) in [5.41, 5.74) is 0.134. The molecule has 3 rings (SSSR count). The maximum absolute atomic E-state index is 11.9. The normalized spacial score (nSPS) is 17.7. The monoisotopic (exact) mass is 325 g/mol. The number of fused-ring (bicyclic) bond motifs is 1. The molecule has 1 aliphatic heterocycles. The van der Waals surface area contributed by atoms with E-state index in [0.29, 0.717) is 30.5 Å². The molecule has 2 aromatic rings. The predicted octanol–water partition coefficient (Wildman–Crippen LogP) is 1.16. The average molecular weight is 325 g/mol. The molecule has 0 fully saturated rings. The molecule has 22 heavy (non-hydrogen) atoms. The summed E-state index contributed by atoms with van der Waals surface area (Å²) >= 11 is 0. The number of rotatable bonds is 3. The van der Waals surface area contributed by atoms with Gasteiger partial charge in [-0.1, -0.05) is 32.9 Å². The lowest BCUT2D eigenvalue weighted by Gasteiger charge is -2.24. The lowest BCUT2D eigenvalue weighted by molar-refractivity contribution is 0.327. The van der Waals surface area contributed by atoms with Crippen LogP contribution in [-0.2, 0) is 22.0 Å². The molecular weight excluding hydrogens is 306 g/mol. The second-order valence-electron chi connectivity index (χ2n) is 6.29. The second-order valence-corrected chi connectivity index (χ2v) is 8.00. The molecule has 0 spiro atoms. The molecule has 0 amide bonds. The molecule has 0 unspecified atom stereocenters. The van der Waals surface area contributed by atoms with Crippen molar-refractivity contribution in [1.29, 1.82) is 0 Å². The van der Waals surface area contributed by atoms with Crippen molar-refractivity contribution in [3.8, 4) is 11.6 Å². The van der Waals surface area contributed by atoms with Crippen LogP contribution in [0.4, 0.5) is 0 Å². The molecule has 8 nitrogen and oxygen atoms in total. The highest BCUT2D eigenvalue weighted by Crippen LogP contribution is 2.31. The minimum atomic E-state index is -3.50. The zero-order valence-corrected chi connectivity index (χ0v) is 13.8. The molecular formula is C13H19N5O3S. The summed E-state index contributed by atoms with van der Waals surface area (Å²) in [6.45, 7) is 9.06. The fraction of sp³-hybridized carbons (Fsp3) is 0.615. The molecule has 120 valence electrons. The van der Waals surface area contributed by atoms with Crippen LogP contribution in [0, 0.1) is 5.92 Å². The summed E-state index contributed by atoms with van der Waals surface area (Å²) < 4.78 is 33.1. The first kappa shape index (κ1) is 15.2. The maximum atomic E-state index is 11.9. The van der Waals surface area contributed by atoms with E-state index in [1.165, 1.54) is 10.7 Å². The number of hydrogen-bond donors (Lipinski definition) is 1. The van der Waals surface area contributed by atoms with E-state index < -0.39 is 10.0 Å². The highest BCUT2D eigenvalue weighted by molar-refractivity contribution is 7.89. The van der Waals surface area contributed by atoms with E-state index in [2.05, 4.69) is 33.8 Å². The molecule has 0 saturated carbocycles. The Morgan fingerprint density at radius 1 is 1.41 bits per heavy atom. The molecule has 9 heteroatoms. The van der Waals surface area contributed by atoms with Crippen molar-refractivity contribution in [2.24, 2.45) is 5.92 Å². The Bertz CT molecular complexity index is 804. The molecule has 0 bridgehead atoms. The molecule has 1 aliphatic rings. The van der Waals surface area contributed by atoms with Gasteiger partial charge in [-0.25, -0.2) is 13.1 Å². The number of hydrogen-bond acceptors (Lipinski definition) is 6. The molecule has 0 aromatic carbocycles. The minimum absolute atomic E-state index is 0.122. The number of nitrogens with one attached hydrogen (secondary N) is 1. The van der Waals surface area contributed by atoms with Gasteiger partial charge in [0, 0.05) is 18.0 Å². The van der Waals surface area contributed by atoms with Gasteiger partial charge in [0.15, 0.2) is 16.5 Å². The molecule has 2 aromatic heterocycles. The molecule has 1 N–H and O–H groups in total. The van der Waals surface area contributed by atoms with Crippen molar-refractivity contribution in [1.82, 2.24) is 24.6 Å². The van der Waals surface area contributed by atoms with Crippen molar-refractivity contribution in [3.05, 3.63) is 11.9 Å². The van der Waals surface area contributed by atoms with Crippen LogP contribution in [0.2, 0.25) is 0 Å². The van der Waals surface area contributed by atoms with Crippen LogP contribution >= 0.6 is 0 Å². The first-order chi connectivity index (χ1) is 10.2. The van der Waals surface area contributed by atoms with Gasteiger partial charge in [0.05, 0.1) is 6.54 Å². The zero-order valence-electron chi connectivity index (χ0n) is 13.0. The summed E-state index contributed by atoms with van der Waals surface area (Å²) in [4.78, 5) is 4.40. The second kappa shape index (κ2) is 4.88. The summed E-state index contributed by atoms with van der Waals surface area (Å²) in [6, 6.07) is 1.46. The third kappa shape index (κ3) is 2.34. The standard InChI is InChI=1S/C13H19N5O3S/c1-8(2)13(3,4)12-15-11(21-17-12)9-7-10-18(16-9)6-5-14-22(10,19)20/h7-8,14H,5-6H2,1-4H3. The van der Waals surface area contributed by atoms with Gasteiger partial charge in [0.2, 0.25) is 0 Å². The van der Waals surface area contributed by atoms with Gasteiger partial charge in [-0.2, -0.15) is 10.1 Å². The molecule has 0 atom stereocenters. The third-order valence-electron chi connectivity index (χ3n) is 4.30. The number of aromatic nitrogens is 4. The van der Waals surface area contributed by atoms with Crippen LogP contribution in [0.3, 0.4) is 0 Å². The largest absolute Gasteiger partial charge is 0.332 e. The van der Waals surface area contributed by atoms with E-state index in [9.17, 15) is 8.42 Å². The number of sulfonamides is 1. The van der Waals surface area contributed by atoms with E-state index in [-0.39, 0.29) is 16.3 Å². The van der Waals surface area contributed by atoms with Crippen LogP contribution < -0.4 is 4.72 Å².